The number of anilines is 1. The van der Waals surface area contributed by atoms with Gasteiger partial charge in [-0.1, -0.05) is 71.2 Å². The molecule has 0 amide bonds. The number of ether oxygens (including phenoxy) is 1. The molecule has 2 aliphatic rings. The molecular weight excluding hydrogens is 467 g/mol. The zero-order valence-corrected chi connectivity index (χ0v) is 18.7. The summed E-state index contributed by atoms with van der Waals surface area (Å²) >= 11 is 19.2. The van der Waals surface area contributed by atoms with E-state index in [1.165, 1.54) is 0 Å². The maximum Gasteiger partial charge on any atom is 0.226 e. The van der Waals surface area contributed by atoms with Gasteiger partial charge >= 0.3 is 0 Å². The number of nitrogens with zero attached hydrogens (tertiary/aromatic N) is 3. The summed E-state index contributed by atoms with van der Waals surface area (Å²) in [4.78, 5) is 4.44. The van der Waals surface area contributed by atoms with Gasteiger partial charge in [-0.3, -0.25) is 0 Å². The fourth-order valence-corrected chi connectivity index (χ4v) is 5.05. The van der Waals surface area contributed by atoms with Crippen molar-refractivity contribution in [3.63, 3.8) is 0 Å². The van der Waals surface area contributed by atoms with Crippen molar-refractivity contribution in [1.82, 2.24) is 14.8 Å². The topological polar surface area (TPSA) is 52.0 Å². The highest BCUT2D eigenvalue weighted by Gasteiger charge is 2.41. The minimum atomic E-state index is -0.474. The third-order valence-electron chi connectivity index (χ3n) is 5.74. The van der Waals surface area contributed by atoms with Crippen molar-refractivity contribution in [2.45, 2.75) is 12.1 Å². The van der Waals surface area contributed by atoms with Crippen LogP contribution in [0.3, 0.4) is 0 Å². The molecule has 0 radical (unpaired) electrons. The third-order valence-corrected chi connectivity index (χ3v) is 6.53. The van der Waals surface area contributed by atoms with Crippen LogP contribution in [-0.2, 0) is 0 Å². The van der Waals surface area contributed by atoms with Gasteiger partial charge in [0.1, 0.15) is 18.1 Å². The summed E-state index contributed by atoms with van der Waals surface area (Å²) in [5.41, 5.74) is 4.59. The summed E-state index contributed by atoms with van der Waals surface area (Å²) in [6, 6.07) is 20.9. The van der Waals surface area contributed by atoms with Crippen molar-refractivity contribution in [2.24, 2.45) is 0 Å². The van der Waals surface area contributed by atoms with Gasteiger partial charge in [0.15, 0.2) is 6.10 Å². The van der Waals surface area contributed by atoms with Crippen LogP contribution in [0.1, 0.15) is 28.8 Å². The first-order valence-electron chi connectivity index (χ1n) is 9.97. The zero-order chi connectivity index (χ0) is 21.8. The maximum atomic E-state index is 6.66. The highest BCUT2D eigenvalue weighted by atomic mass is 35.5. The van der Waals surface area contributed by atoms with Gasteiger partial charge in [0.05, 0.1) is 5.70 Å². The Morgan fingerprint density at radius 1 is 0.906 bits per heavy atom. The Morgan fingerprint density at radius 2 is 1.69 bits per heavy atom. The third kappa shape index (κ3) is 3.08. The number of hydrogen-bond acceptors (Lipinski definition) is 4. The molecule has 0 spiro atoms. The molecule has 0 aliphatic carbocycles. The minimum Gasteiger partial charge on any atom is -0.480 e. The van der Waals surface area contributed by atoms with Crippen LogP contribution in [0.4, 0.5) is 5.95 Å². The number of aromatic nitrogens is 3. The number of nitrogens with one attached hydrogen (secondary N) is 1. The van der Waals surface area contributed by atoms with Crippen molar-refractivity contribution < 1.29 is 4.74 Å². The quantitative estimate of drug-likeness (QED) is 0.342. The second-order valence-corrected chi connectivity index (χ2v) is 8.88. The van der Waals surface area contributed by atoms with E-state index >= 15 is 0 Å². The average molecular weight is 482 g/mol. The molecule has 6 rings (SSSR count). The van der Waals surface area contributed by atoms with E-state index in [-0.39, 0.29) is 6.04 Å². The Bertz CT molecular complexity index is 1380. The number of fused-ring (bicyclic) bond motifs is 3. The molecule has 0 fully saturated rings. The van der Waals surface area contributed by atoms with Gasteiger partial charge in [-0.15, -0.1) is 0 Å². The molecule has 1 N–H and O–H groups in total. The summed E-state index contributed by atoms with van der Waals surface area (Å²) in [6.45, 7) is 0. The predicted octanol–water partition coefficient (Wildman–Crippen LogP) is 6.80. The van der Waals surface area contributed by atoms with E-state index in [1.807, 2.05) is 53.2 Å². The Kier molecular flexibility index (Phi) is 4.65. The molecule has 0 saturated carbocycles. The first kappa shape index (κ1) is 19.7. The SMILES string of the molecule is Clc1ccc([C@H]2Oc3ccc(Cl)cc3C3=C2[C@@H](c2ccccc2)n2ncnc2N3)c(Cl)c1. The molecule has 3 heterocycles. The molecule has 32 heavy (non-hydrogen) atoms. The highest BCUT2D eigenvalue weighted by molar-refractivity contribution is 6.35. The molecule has 3 aromatic carbocycles. The predicted molar refractivity (Wildman–Crippen MR) is 126 cm³/mol. The first-order valence-corrected chi connectivity index (χ1v) is 11.1. The van der Waals surface area contributed by atoms with Gasteiger partial charge in [-0.05, 0) is 35.9 Å². The molecule has 5 nitrogen and oxygen atoms in total. The van der Waals surface area contributed by atoms with Crippen molar-refractivity contribution in [3.05, 3.63) is 110 Å². The van der Waals surface area contributed by atoms with Crippen LogP contribution in [0.15, 0.2) is 78.6 Å². The van der Waals surface area contributed by atoms with E-state index in [1.54, 1.807) is 12.4 Å². The summed E-state index contributed by atoms with van der Waals surface area (Å²) in [5.74, 6) is 1.35. The van der Waals surface area contributed by atoms with Gasteiger partial charge in [-0.25, -0.2) is 4.68 Å². The molecule has 4 aromatic rings. The molecular formula is C24H15Cl3N4O. The van der Waals surface area contributed by atoms with Gasteiger partial charge in [-0.2, -0.15) is 10.1 Å². The fraction of sp³-hybridized carbons (Fsp3) is 0.0833. The lowest BCUT2D eigenvalue weighted by molar-refractivity contribution is 0.223. The van der Waals surface area contributed by atoms with Gasteiger partial charge in [0.2, 0.25) is 5.95 Å². The minimum absolute atomic E-state index is 0.256. The van der Waals surface area contributed by atoms with Gasteiger partial charge in [0, 0.05) is 31.8 Å². The van der Waals surface area contributed by atoms with Crippen LogP contribution in [0.25, 0.3) is 5.70 Å². The smallest absolute Gasteiger partial charge is 0.226 e. The molecule has 8 heteroatoms. The lowest BCUT2D eigenvalue weighted by atomic mass is 9.84. The van der Waals surface area contributed by atoms with Crippen LogP contribution in [0.5, 0.6) is 5.75 Å². The lowest BCUT2D eigenvalue weighted by Gasteiger charge is -2.39. The average Bonchev–Trinajstić information content (AvgIpc) is 3.26. The molecule has 2 atom stereocenters. The second kappa shape index (κ2) is 7.55. The van der Waals surface area contributed by atoms with Crippen LogP contribution >= 0.6 is 34.8 Å². The van der Waals surface area contributed by atoms with E-state index in [9.17, 15) is 0 Å². The monoisotopic (exact) mass is 480 g/mol. The Hall–Kier alpha value is -2.99. The number of halogens is 3. The molecule has 1 aromatic heterocycles. The van der Waals surface area contributed by atoms with Crippen molar-refractivity contribution >= 4 is 46.4 Å². The molecule has 0 bridgehead atoms. The number of rotatable bonds is 2. The second-order valence-electron chi connectivity index (χ2n) is 7.60. The lowest BCUT2D eigenvalue weighted by Crippen LogP contribution is -2.32. The van der Waals surface area contributed by atoms with Crippen molar-refractivity contribution in [3.8, 4) is 5.75 Å². The molecule has 0 saturated heterocycles. The van der Waals surface area contributed by atoms with Crippen molar-refractivity contribution in [1.29, 1.82) is 0 Å². The Morgan fingerprint density at radius 3 is 2.50 bits per heavy atom. The summed E-state index contributed by atoms with van der Waals surface area (Å²) in [5, 5.41) is 9.68. The zero-order valence-electron chi connectivity index (χ0n) is 16.5. The maximum absolute atomic E-state index is 6.66. The first-order chi connectivity index (χ1) is 15.6. The van der Waals surface area contributed by atoms with E-state index in [4.69, 9.17) is 39.5 Å². The molecule has 0 unspecified atom stereocenters. The van der Waals surface area contributed by atoms with E-state index < -0.39 is 6.10 Å². The molecule has 2 aliphatic heterocycles. The summed E-state index contributed by atoms with van der Waals surface area (Å²) < 4.78 is 8.43. The number of benzene rings is 3. The Balaban J connectivity index is 1.65. The van der Waals surface area contributed by atoms with Crippen molar-refractivity contribution in [2.75, 3.05) is 5.32 Å². The van der Waals surface area contributed by atoms with Gasteiger partial charge in [0.25, 0.3) is 0 Å². The molecule has 158 valence electrons. The fourth-order valence-electron chi connectivity index (χ4n) is 4.37. The standard InChI is InChI=1S/C24H15Cl3N4O/c25-14-7-9-19-17(10-14)21-20(23(32-19)16-8-6-15(26)11-18(16)27)22(13-4-2-1-3-5-13)31-24(30-21)28-12-29-31/h1-12,22-23H,(H,28,29,30)/t22-,23-/m1/s1. The van der Waals surface area contributed by atoms with Crippen LogP contribution in [-0.4, -0.2) is 14.8 Å². The normalized spacial score (nSPS) is 18.8. The summed E-state index contributed by atoms with van der Waals surface area (Å²) in [7, 11) is 0. The van der Waals surface area contributed by atoms with Crippen LogP contribution in [0.2, 0.25) is 15.1 Å². The summed E-state index contributed by atoms with van der Waals surface area (Å²) in [6.07, 6.45) is 1.07. The van der Waals surface area contributed by atoms with E-state index in [2.05, 4.69) is 27.5 Å². The van der Waals surface area contributed by atoms with Crippen LogP contribution in [0, 0.1) is 0 Å². The van der Waals surface area contributed by atoms with E-state index in [0.717, 1.165) is 28.0 Å². The van der Waals surface area contributed by atoms with Crippen LogP contribution < -0.4 is 10.1 Å². The van der Waals surface area contributed by atoms with E-state index in [0.29, 0.717) is 26.8 Å². The Labute approximate surface area is 199 Å². The van der Waals surface area contributed by atoms with Gasteiger partial charge < -0.3 is 10.1 Å². The largest absolute Gasteiger partial charge is 0.480 e. The highest BCUT2D eigenvalue weighted by Crippen LogP contribution is 2.51. The number of hydrogen-bond donors (Lipinski definition) is 1.